The van der Waals surface area contributed by atoms with E-state index in [1.807, 2.05) is 7.05 Å². The number of ether oxygens (including phenoxy) is 2. The molecule has 1 N–H and O–H groups in total. The maximum atomic E-state index is 5.52. The molecule has 1 unspecified atom stereocenters. The Labute approximate surface area is 96.0 Å². The van der Waals surface area contributed by atoms with E-state index in [0.29, 0.717) is 5.92 Å². The Hall–Kier alpha value is -0.120. The van der Waals surface area contributed by atoms with Gasteiger partial charge in [0, 0.05) is 27.9 Å². The highest BCUT2D eigenvalue weighted by atomic mass is 16.5. The Kier molecular flexibility index (Phi) is 11.9. The lowest BCUT2D eigenvalue weighted by molar-refractivity contribution is 0.0678. The number of hydrogen-bond acceptors (Lipinski definition) is 3. The Morgan fingerprint density at radius 2 is 1.80 bits per heavy atom. The molecule has 0 aliphatic rings. The summed E-state index contributed by atoms with van der Waals surface area (Å²) in [6.45, 7) is 8.83. The lowest BCUT2D eigenvalue weighted by Gasteiger charge is -2.09. The summed E-state index contributed by atoms with van der Waals surface area (Å²) in [6.07, 6.45) is 3.29. The zero-order valence-corrected chi connectivity index (χ0v) is 10.6. The number of nitrogens with one attached hydrogen (secondary N) is 1. The van der Waals surface area contributed by atoms with Crippen molar-refractivity contribution in [3.63, 3.8) is 0 Å². The Balaban J connectivity index is 0. The SMILES string of the molecule is CCC(C)COCCCOCCCNC.[HH]. The van der Waals surface area contributed by atoms with Gasteiger partial charge in [-0.05, 0) is 32.4 Å². The first-order valence-electron chi connectivity index (χ1n) is 6.11. The van der Waals surface area contributed by atoms with Gasteiger partial charge < -0.3 is 14.8 Å². The normalized spacial score (nSPS) is 13.0. The van der Waals surface area contributed by atoms with Crippen LogP contribution in [0.1, 0.15) is 34.5 Å². The zero-order valence-electron chi connectivity index (χ0n) is 10.6. The van der Waals surface area contributed by atoms with Crippen LogP contribution in [-0.2, 0) is 9.47 Å². The van der Waals surface area contributed by atoms with Crippen molar-refractivity contribution in [1.29, 1.82) is 0 Å². The largest absolute Gasteiger partial charge is 0.381 e. The molecule has 0 radical (unpaired) electrons. The summed E-state index contributed by atoms with van der Waals surface area (Å²) in [5.41, 5.74) is 0. The second-order valence-corrected chi connectivity index (χ2v) is 4.01. The molecule has 0 saturated carbocycles. The fourth-order valence-corrected chi connectivity index (χ4v) is 1.12. The first kappa shape index (κ1) is 14.9. The van der Waals surface area contributed by atoms with Gasteiger partial charge in [0.05, 0.1) is 0 Å². The van der Waals surface area contributed by atoms with E-state index >= 15 is 0 Å². The molecule has 0 aromatic carbocycles. The van der Waals surface area contributed by atoms with Gasteiger partial charge in [-0.1, -0.05) is 20.3 Å². The Morgan fingerprint density at radius 3 is 2.47 bits per heavy atom. The smallest absolute Gasteiger partial charge is 0.0491 e. The monoisotopic (exact) mass is 219 g/mol. The maximum absolute atomic E-state index is 5.52. The lowest BCUT2D eigenvalue weighted by Crippen LogP contribution is -2.11. The quantitative estimate of drug-likeness (QED) is 0.541. The predicted molar refractivity (Wildman–Crippen MR) is 66.4 cm³/mol. The fraction of sp³-hybridized carbons (Fsp3) is 1.00. The Morgan fingerprint density at radius 1 is 1.13 bits per heavy atom. The third kappa shape index (κ3) is 11.8. The van der Waals surface area contributed by atoms with Crippen molar-refractivity contribution in [1.82, 2.24) is 5.32 Å². The van der Waals surface area contributed by atoms with Crippen molar-refractivity contribution in [3.05, 3.63) is 0 Å². The van der Waals surface area contributed by atoms with E-state index in [4.69, 9.17) is 9.47 Å². The summed E-state index contributed by atoms with van der Waals surface area (Å²) in [5.74, 6) is 0.682. The highest BCUT2D eigenvalue weighted by molar-refractivity contribution is 4.46. The van der Waals surface area contributed by atoms with Gasteiger partial charge in [0.2, 0.25) is 0 Å². The van der Waals surface area contributed by atoms with Crippen LogP contribution in [0.2, 0.25) is 0 Å². The molecule has 0 aromatic rings. The molecule has 1 atom stereocenters. The van der Waals surface area contributed by atoms with E-state index in [1.54, 1.807) is 0 Å². The number of hydrogen-bond donors (Lipinski definition) is 1. The van der Waals surface area contributed by atoms with E-state index in [0.717, 1.165) is 45.8 Å². The van der Waals surface area contributed by atoms with Gasteiger partial charge in [0.15, 0.2) is 0 Å². The molecular weight excluding hydrogens is 190 g/mol. The molecule has 0 rings (SSSR count). The molecule has 15 heavy (non-hydrogen) atoms. The van der Waals surface area contributed by atoms with Gasteiger partial charge in [0.1, 0.15) is 0 Å². The molecule has 0 aliphatic heterocycles. The second kappa shape index (κ2) is 12.0. The Bertz CT molecular complexity index is 126. The molecule has 0 fully saturated rings. The predicted octanol–water partition coefficient (Wildman–Crippen LogP) is 2.31. The molecule has 0 amide bonds. The van der Waals surface area contributed by atoms with Gasteiger partial charge in [-0.3, -0.25) is 0 Å². The maximum Gasteiger partial charge on any atom is 0.0491 e. The third-order valence-corrected chi connectivity index (χ3v) is 2.39. The summed E-state index contributed by atoms with van der Waals surface area (Å²) in [4.78, 5) is 0. The first-order valence-corrected chi connectivity index (χ1v) is 6.11. The van der Waals surface area contributed by atoms with Gasteiger partial charge in [0.25, 0.3) is 0 Å². The van der Waals surface area contributed by atoms with Gasteiger partial charge >= 0.3 is 0 Å². The van der Waals surface area contributed by atoms with Crippen LogP contribution in [0.5, 0.6) is 0 Å². The van der Waals surface area contributed by atoms with Gasteiger partial charge in [-0.15, -0.1) is 0 Å². The van der Waals surface area contributed by atoms with Crippen LogP contribution >= 0.6 is 0 Å². The molecule has 0 spiro atoms. The summed E-state index contributed by atoms with van der Waals surface area (Å²) >= 11 is 0. The molecule has 0 aliphatic carbocycles. The summed E-state index contributed by atoms with van der Waals surface area (Å²) in [5, 5.41) is 3.09. The van der Waals surface area contributed by atoms with Crippen LogP contribution in [0.4, 0.5) is 0 Å². The second-order valence-electron chi connectivity index (χ2n) is 4.01. The van der Waals surface area contributed by atoms with E-state index in [9.17, 15) is 0 Å². The van der Waals surface area contributed by atoms with Crippen LogP contribution in [0.3, 0.4) is 0 Å². The van der Waals surface area contributed by atoms with Crippen LogP contribution in [0.15, 0.2) is 0 Å². The minimum atomic E-state index is 0. The van der Waals surface area contributed by atoms with Crippen molar-refractivity contribution in [2.45, 2.75) is 33.1 Å². The average molecular weight is 219 g/mol. The molecule has 0 aromatic heterocycles. The van der Waals surface area contributed by atoms with E-state index in [1.165, 1.54) is 6.42 Å². The van der Waals surface area contributed by atoms with Crippen molar-refractivity contribution in [2.24, 2.45) is 5.92 Å². The van der Waals surface area contributed by atoms with Crippen LogP contribution < -0.4 is 5.32 Å². The topological polar surface area (TPSA) is 30.5 Å². The first-order chi connectivity index (χ1) is 7.31. The average Bonchev–Trinajstić information content (AvgIpc) is 2.26. The van der Waals surface area contributed by atoms with Crippen LogP contribution in [-0.4, -0.2) is 40.0 Å². The van der Waals surface area contributed by atoms with E-state index in [-0.39, 0.29) is 1.43 Å². The van der Waals surface area contributed by atoms with Crippen molar-refractivity contribution in [2.75, 3.05) is 40.0 Å². The minimum absolute atomic E-state index is 0. The number of rotatable bonds is 11. The van der Waals surface area contributed by atoms with Gasteiger partial charge in [-0.2, -0.15) is 0 Å². The summed E-state index contributed by atoms with van der Waals surface area (Å²) in [7, 11) is 1.96. The fourth-order valence-electron chi connectivity index (χ4n) is 1.12. The molecule has 94 valence electrons. The van der Waals surface area contributed by atoms with Crippen LogP contribution in [0.25, 0.3) is 0 Å². The van der Waals surface area contributed by atoms with E-state index < -0.39 is 0 Å². The standard InChI is InChI=1S/C12H27NO2.H2/c1-4-12(2)11-15-10-6-9-14-8-5-7-13-3;/h12-13H,4-11H2,1-3H3;1H. The molecule has 3 nitrogen and oxygen atoms in total. The molecule has 0 bridgehead atoms. The summed E-state index contributed by atoms with van der Waals surface area (Å²) < 4.78 is 11.0. The third-order valence-electron chi connectivity index (χ3n) is 2.39. The highest BCUT2D eigenvalue weighted by Gasteiger charge is 1.97. The van der Waals surface area contributed by atoms with E-state index in [2.05, 4.69) is 19.2 Å². The van der Waals surface area contributed by atoms with Crippen molar-refractivity contribution < 1.29 is 10.9 Å². The van der Waals surface area contributed by atoms with Gasteiger partial charge in [-0.25, -0.2) is 0 Å². The molecule has 0 heterocycles. The van der Waals surface area contributed by atoms with Crippen LogP contribution in [0, 0.1) is 5.92 Å². The lowest BCUT2D eigenvalue weighted by atomic mass is 10.1. The molecular formula is C12H29NO2. The molecule has 3 heteroatoms. The van der Waals surface area contributed by atoms with Crippen molar-refractivity contribution >= 4 is 0 Å². The van der Waals surface area contributed by atoms with Crippen molar-refractivity contribution in [3.8, 4) is 0 Å². The molecule has 0 saturated heterocycles. The summed E-state index contributed by atoms with van der Waals surface area (Å²) in [6, 6.07) is 0. The highest BCUT2D eigenvalue weighted by Crippen LogP contribution is 2.00. The minimum Gasteiger partial charge on any atom is -0.381 e. The zero-order chi connectivity index (χ0) is 11.4.